The van der Waals surface area contributed by atoms with Crippen molar-refractivity contribution < 1.29 is 17.2 Å². The van der Waals surface area contributed by atoms with Gasteiger partial charge in [0.05, 0.1) is 11.9 Å². The van der Waals surface area contributed by atoms with Crippen molar-refractivity contribution in [3.05, 3.63) is 11.1 Å². The zero-order chi connectivity index (χ0) is 20.5. The van der Waals surface area contributed by atoms with Gasteiger partial charge in [-0.15, -0.1) is 11.3 Å². The molecule has 0 saturated heterocycles. The van der Waals surface area contributed by atoms with Crippen molar-refractivity contribution in [2.24, 2.45) is 15.7 Å². The standard InChI is InChI=1S/C12H20ClF2N7O2S3/c1-17-10(22-27(2,23)24)18-3-4-25-5-8-6-26-11(20-8)21-9(16)19-7-12(13,14)15/h6H,3-5,7H2,1-2H3,(H2,17,18,22)(H3,16,19,20,21). The molecule has 0 spiro atoms. The minimum Gasteiger partial charge on any atom is -0.370 e. The Bertz CT molecular complexity index is 765. The van der Waals surface area contributed by atoms with Crippen LogP contribution in [-0.4, -0.2) is 62.8 Å². The molecule has 1 aromatic rings. The van der Waals surface area contributed by atoms with Crippen LogP contribution in [0.2, 0.25) is 0 Å². The number of nitrogens with one attached hydrogen (secondary N) is 3. The number of nitrogens with two attached hydrogens (primary N) is 1. The number of rotatable bonds is 9. The normalized spacial score (nSPS) is 13.5. The van der Waals surface area contributed by atoms with Gasteiger partial charge in [-0.1, -0.05) is 0 Å². The van der Waals surface area contributed by atoms with Crippen LogP contribution >= 0.6 is 34.7 Å². The second-order valence-corrected chi connectivity index (χ2v) is 9.28. The molecule has 0 unspecified atom stereocenters. The van der Waals surface area contributed by atoms with E-state index >= 15 is 0 Å². The molecule has 27 heavy (non-hydrogen) atoms. The molecule has 0 bridgehead atoms. The molecular formula is C12H20ClF2N7O2S3. The van der Waals surface area contributed by atoms with Crippen molar-refractivity contribution in [3.63, 3.8) is 0 Å². The van der Waals surface area contributed by atoms with Crippen LogP contribution in [0.25, 0.3) is 0 Å². The van der Waals surface area contributed by atoms with Crippen molar-refractivity contribution in [1.82, 2.24) is 15.0 Å². The Balaban J connectivity index is 2.33. The summed E-state index contributed by atoms with van der Waals surface area (Å²) in [6.07, 6.45) is 1.04. The molecule has 1 heterocycles. The highest BCUT2D eigenvalue weighted by atomic mass is 35.5. The second kappa shape index (κ2) is 10.8. The SMILES string of the molecule is CN=C(NCCSCc1csc(NC(N)=NCC(F)(F)Cl)n1)NS(C)(=O)=O. The minimum absolute atomic E-state index is 0.176. The molecule has 0 aliphatic heterocycles. The van der Waals surface area contributed by atoms with Gasteiger partial charge in [-0.3, -0.25) is 9.71 Å². The molecule has 1 rings (SSSR count). The lowest BCUT2D eigenvalue weighted by molar-refractivity contribution is 0.107. The molecule has 154 valence electrons. The Morgan fingerprint density at radius 3 is 2.81 bits per heavy atom. The third-order valence-electron chi connectivity index (χ3n) is 2.51. The van der Waals surface area contributed by atoms with Gasteiger partial charge in [0, 0.05) is 30.5 Å². The van der Waals surface area contributed by atoms with E-state index in [1.54, 1.807) is 17.1 Å². The van der Waals surface area contributed by atoms with Crippen molar-refractivity contribution in [3.8, 4) is 0 Å². The molecule has 0 atom stereocenters. The monoisotopic (exact) mass is 463 g/mol. The molecule has 0 saturated carbocycles. The van der Waals surface area contributed by atoms with Gasteiger partial charge < -0.3 is 16.4 Å². The summed E-state index contributed by atoms with van der Waals surface area (Å²) in [6, 6.07) is 0. The summed E-state index contributed by atoms with van der Waals surface area (Å²) >= 11 is 7.57. The van der Waals surface area contributed by atoms with E-state index in [0.717, 1.165) is 11.9 Å². The topological polar surface area (TPSA) is 134 Å². The van der Waals surface area contributed by atoms with Gasteiger partial charge in [-0.25, -0.2) is 18.4 Å². The van der Waals surface area contributed by atoms with Gasteiger partial charge in [0.25, 0.3) is 0 Å². The van der Waals surface area contributed by atoms with E-state index in [0.29, 0.717) is 23.2 Å². The number of aliphatic imine (C=N–C) groups is 2. The summed E-state index contributed by atoms with van der Waals surface area (Å²) in [5.74, 6) is 1.27. The van der Waals surface area contributed by atoms with Crippen LogP contribution in [-0.2, 0) is 15.8 Å². The molecule has 0 fully saturated rings. The number of aromatic nitrogens is 1. The predicted molar refractivity (Wildman–Crippen MR) is 109 cm³/mol. The number of thiazole rings is 1. The van der Waals surface area contributed by atoms with Gasteiger partial charge in [-0.2, -0.15) is 20.5 Å². The predicted octanol–water partition coefficient (Wildman–Crippen LogP) is 1.06. The van der Waals surface area contributed by atoms with E-state index in [-0.39, 0.29) is 11.9 Å². The van der Waals surface area contributed by atoms with Crippen molar-refractivity contribution >= 4 is 61.8 Å². The van der Waals surface area contributed by atoms with Crippen molar-refractivity contribution in [2.75, 3.05) is 37.5 Å². The summed E-state index contributed by atoms with van der Waals surface area (Å²) < 4.78 is 49.5. The molecule has 0 aliphatic rings. The zero-order valence-corrected chi connectivity index (χ0v) is 17.7. The Kier molecular flexibility index (Phi) is 9.49. The van der Waals surface area contributed by atoms with Crippen LogP contribution in [0.1, 0.15) is 5.69 Å². The van der Waals surface area contributed by atoms with Crippen LogP contribution in [0.4, 0.5) is 13.9 Å². The molecule has 9 nitrogen and oxygen atoms in total. The van der Waals surface area contributed by atoms with Gasteiger partial charge in [0.1, 0.15) is 6.54 Å². The number of thioether (sulfide) groups is 1. The first-order chi connectivity index (χ1) is 12.5. The number of guanidine groups is 2. The van der Waals surface area contributed by atoms with E-state index in [1.807, 2.05) is 0 Å². The Morgan fingerprint density at radius 1 is 1.52 bits per heavy atom. The number of nitrogens with zero attached hydrogens (tertiary/aromatic N) is 3. The number of hydrogen-bond donors (Lipinski definition) is 4. The van der Waals surface area contributed by atoms with Gasteiger partial charge in [0.15, 0.2) is 11.1 Å². The first kappa shape index (κ1) is 23.7. The summed E-state index contributed by atoms with van der Waals surface area (Å²) in [5.41, 5.74) is 6.27. The average Bonchev–Trinajstić information content (AvgIpc) is 2.97. The smallest absolute Gasteiger partial charge is 0.341 e. The summed E-state index contributed by atoms with van der Waals surface area (Å²) in [4.78, 5) is 11.5. The van der Waals surface area contributed by atoms with Crippen LogP contribution in [0.15, 0.2) is 15.4 Å². The molecule has 0 radical (unpaired) electrons. The molecule has 15 heteroatoms. The zero-order valence-electron chi connectivity index (χ0n) is 14.5. The Labute approximate surface area is 169 Å². The number of alkyl halides is 3. The summed E-state index contributed by atoms with van der Waals surface area (Å²) in [5, 5.41) is 4.29. The van der Waals surface area contributed by atoms with Crippen LogP contribution in [0, 0.1) is 0 Å². The average molecular weight is 464 g/mol. The maximum absolute atomic E-state index is 12.5. The molecule has 0 aromatic carbocycles. The second-order valence-electron chi connectivity index (χ2n) is 5.01. The lowest BCUT2D eigenvalue weighted by atomic mass is 10.6. The summed E-state index contributed by atoms with van der Waals surface area (Å²) in [7, 11) is -1.90. The van der Waals surface area contributed by atoms with Crippen molar-refractivity contribution in [1.29, 1.82) is 0 Å². The lowest BCUT2D eigenvalue weighted by Gasteiger charge is -2.09. The highest BCUT2D eigenvalue weighted by molar-refractivity contribution is 7.98. The highest BCUT2D eigenvalue weighted by Crippen LogP contribution is 2.20. The minimum atomic E-state index is -3.44. The third-order valence-corrected chi connectivity index (χ3v) is 4.99. The lowest BCUT2D eigenvalue weighted by Crippen LogP contribution is -2.41. The fourth-order valence-corrected chi connectivity index (χ4v) is 3.65. The van der Waals surface area contributed by atoms with Crippen LogP contribution in [0.3, 0.4) is 0 Å². The Hall–Kier alpha value is -1.38. The molecular weight excluding hydrogens is 444 g/mol. The number of halogens is 3. The molecule has 0 amide bonds. The molecule has 1 aromatic heterocycles. The van der Waals surface area contributed by atoms with Gasteiger partial charge in [0.2, 0.25) is 16.0 Å². The number of anilines is 1. The van der Waals surface area contributed by atoms with E-state index in [1.165, 1.54) is 18.4 Å². The highest BCUT2D eigenvalue weighted by Gasteiger charge is 2.23. The first-order valence-corrected chi connectivity index (χ1v) is 11.6. The Morgan fingerprint density at radius 2 is 2.22 bits per heavy atom. The van der Waals surface area contributed by atoms with E-state index < -0.39 is 21.9 Å². The maximum atomic E-state index is 12.5. The quantitative estimate of drug-likeness (QED) is 0.186. The first-order valence-electron chi connectivity index (χ1n) is 7.33. The largest absolute Gasteiger partial charge is 0.370 e. The number of hydrogen-bond acceptors (Lipinski definition) is 7. The fourth-order valence-electron chi connectivity index (χ4n) is 1.51. The third kappa shape index (κ3) is 11.8. The van der Waals surface area contributed by atoms with E-state index in [9.17, 15) is 17.2 Å². The summed E-state index contributed by atoms with van der Waals surface area (Å²) in [6.45, 7) is -0.424. The van der Waals surface area contributed by atoms with Crippen LogP contribution < -0.4 is 21.1 Å². The van der Waals surface area contributed by atoms with Gasteiger partial charge >= 0.3 is 5.38 Å². The van der Waals surface area contributed by atoms with Crippen molar-refractivity contribution in [2.45, 2.75) is 11.1 Å². The molecule has 0 aliphatic carbocycles. The van der Waals surface area contributed by atoms with Gasteiger partial charge in [-0.05, 0) is 11.6 Å². The van der Waals surface area contributed by atoms with E-state index in [4.69, 9.17) is 17.3 Å². The van der Waals surface area contributed by atoms with E-state index in [2.05, 4.69) is 30.3 Å². The number of sulfonamides is 1. The molecule has 5 N–H and O–H groups in total. The van der Waals surface area contributed by atoms with Crippen LogP contribution in [0.5, 0.6) is 0 Å². The maximum Gasteiger partial charge on any atom is 0.341 e. The fraction of sp³-hybridized carbons (Fsp3) is 0.583.